The van der Waals surface area contributed by atoms with E-state index in [-0.39, 0.29) is 36.0 Å². The van der Waals surface area contributed by atoms with Crippen LogP contribution in [0.15, 0.2) is 78.1 Å². The third-order valence-electron chi connectivity index (χ3n) is 4.30. The predicted molar refractivity (Wildman–Crippen MR) is 129 cm³/mol. The minimum Gasteiger partial charge on any atom is -0.354 e. The lowest BCUT2D eigenvalue weighted by Gasteiger charge is -2.15. The largest absolute Gasteiger partial charge is 0.354 e. The number of halogens is 2. The lowest BCUT2D eigenvalue weighted by atomic mass is 10.1. The Morgan fingerprint density at radius 1 is 1.10 bits per heavy atom. The molecule has 0 aliphatic carbocycles. The molecule has 0 aliphatic rings. The summed E-state index contributed by atoms with van der Waals surface area (Å²) in [7, 11) is 0. The first kappa shape index (κ1) is 26.0. The summed E-state index contributed by atoms with van der Waals surface area (Å²) in [5.74, 6) is -0.141. The number of amides is 1. The Labute approximate surface area is 194 Å². The number of benzene rings is 2. The molecule has 0 fully saturated rings. The van der Waals surface area contributed by atoms with Crippen molar-refractivity contribution in [1.29, 1.82) is 0 Å². The van der Waals surface area contributed by atoms with E-state index in [4.69, 9.17) is 5.73 Å². The van der Waals surface area contributed by atoms with Crippen molar-refractivity contribution in [3.63, 3.8) is 0 Å². The van der Waals surface area contributed by atoms with Gasteiger partial charge in [-0.2, -0.15) is 0 Å². The molecule has 0 radical (unpaired) electrons. The standard InChI is InChI=1S/C22H26N4OS.2ClH/c1-17(28-20-10-6-3-7-11-20)13-24-22(27)21(23)12-19-15-26(16-25-19)14-18-8-4-2-5-9-18;;/h2-11,15-17,21H,12-14,23H2,1H3,(H,24,27);2*1H/t17?,21-;;/m0../s1. The minimum absolute atomic E-state index is 0. The number of hydrogen-bond acceptors (Lipinski definition) is 4. The molecule has 30 heavy (non-hydrogen) atoms. The van der Waals surface area contributed by atoms with Crippen LogP contribution in [0.3, 0.4) is 0 Å². The van der Waals surface area contributed by atoms with Gasteiger partial charge in [-0.15, -0.1) is 36.6 Å². The summed E-state index contributed by atoms with van der Waals surface area (Å²) in [6.45, 7) is 3.42. The fourth-order valence-corrected chi connectivity index (χ4v) is 3.80. The monoisotopic (exact) mass is 466 g/mol. The lowest BCUT2D eigenvalue weighted by Crippen LogP contribution is -2.43. The molecule has 162 valence electrons. The Hall–Kier alpha value is -1.99. The zero-order valence-electron chi connectivity index (χ0n) is 16.8. The normalized spacial score (nSPS) is 12.2. The van der Waals surface area contributed by atoms with Crippen molar-refractivity contribution in [3.05, 3.63) is 84.4 Å². The first-order valence-electron chi connectivity index (χ1n) is 9.39. The Balaban J connectivity index is 0.00000225. The SMILES string of the molecule is CC(CNC(=O)[C@@H](N)Cc1cn(Cc2ccccc2)cn1)Sc1ccccc1.Cl.Cl. The second-order valence-corrected chi connectivity index (χ2v) is 8.33. The van der Waals surface area contributed by atoms with Crippen molar-refractivity contribution >= 4 is 42.5 Å². The highest BCUT2D eigenvalue weighted by molar-refractivity contribution is 8.00. The molecule has 0 spiro atoms. The van der Waals surface area contributed by atoms with Gasteiger partial charge in [0.2, 0.25) is 5.91 Å². The van der Waals surface area contributed by atoms with Crippen molar-refractivity contribution in [2.45, 2.75) is 36.1 Å². The number of carbonyl (C=O) groups excluding carboxylic acids is 1. The van der Waals surface area contributed by atoms with E-state index in [1.807, 2.05) is 47.2 Å². The molecule has 3 rings (SSSR count). The van der Waals surface area contributed by atoms with E-state index in [1.54, 1.807) is 18.1 Å². The van der Waals surface area contributed by atoms with Crippen LogP contribution >= 0.6 is 36.6 Å². The van der Waals surface area contributed by atoms with Gasteiger partial charge in [0.05, 0.1) is 18.1 Å². The zero-order valence-corrected chi connectivity index (χ0v) is 19.3. The molecule has 1 amide bonds. The Bertz CT molecular complexity index is 877. The number of imidazole rings is 1. The maximum atomic E-state index is 12.3. The van der Waals surface area contributed by atoms with Crippen molar-refractivity contribution in [2.24, 2.45) is 5.73 Å². The fraction of sp³-hybridized carbons (Fsp3) is 0.273. The molecule has 1 heterocycles. The maximum Gasteiger partial charge on any atom is 0.237 e. The summed E-state index contributed by atoms with van der Waals surface area (Å²) in [5.41, 5.74) is 8.11. The average Bonchev–Trinajstić information content (AvgIpc) is 3.14. The molecule has 1 aromatic heterocycles. The van der Waals surface area contributed by atoms with Gasteiger partial charge in [-0.25, -0.2) is 4.98 Å². The van der Waals surface area contributed by atoms with Gasteiger partial charge in [-0.1, -0.05) is 55.5 Å². The fourth-order valence-electron chi connectivity index (χ4n) is 2.86. The molecule has 0 bridgehead atoms. The van der Waals surface area contributed by atoms with Crippen LogP contribution < -0.4 is 11.1 Å². The van der Waals surface area contributed by atoms with Gasteiger partial charge in [0.1, 0.15) is 0 Å². The molecule has 0 saturated carbocycles. The van der Waals surface area contributed by atoms with E-state index in [2.05, 4.69) is 41.5 Å². The Morgan fingerprint density at radius 3 is 2.40 bits per heavy atom. The second-order valence-electron chi connectivity index (χ2n) is 6.82. The number of nitrogens with one attached hydrogen (secondary N) is 1. The number of rotatable bonds is 9. The topological polar surface area (TPSA) is 72.9 Å². The third kappa shape index (κ3) is 8.40. The van der Waals surface area contributed by atoms with Crippen molar-refractivity contribution in [2.75, 3.05) is 6.54 Å². The molecule has 2 aromatic carbocycles. The summed E-state index contributed by atoms with van der Waals surface area (Å²) in [6, 6.07) is 19.8. The molecule has 3 N–H and O–H groups in total. The highest BCUT2D eigenvalue weighted by Crippen LogP contribution is 2.21. The molecule has 8 heteroatoms. The molecular weight excluding hydrogens is 439 g/mol. The summed E-state index contributed by atoms with van der Waals surface area (Å²) in [4.78, 5) is 17.9. The highest BCUT2D eigenvalue weighted by atomic mass is 35.5. The summed E-state index contributed by atoms with van der Waals surface area (Å²) < 4.78 is 2.01. The predicted octanol–water partition coefficient (Wildman–Crippen LogP) is 3.94. The van der Waals surface area contributed by atoms with Gasteiger partial charge in [0.15, 0.2) is 0 Å². The van der Waals surface area contributed by atoms with Crippen LogP contribution in [-0.4, -0.2) is 33.3 Å². The second kappa shape index (κ2) is 13.3. The van der Waals surface area contributed by atoms with Crippen LogP contribution in [-0.2, 0) is 17.8 Å². The highest BCUT2D eigenvalue weighted by Gasteiger charge is 2.16. The van der Waals surface area contributed by atoms with Gasteiger partial charge >= 0.3 is 0 Å². The van der Waals surface area contributed by atoms with Gasteiger partial charge in [-0.3, -0.25) is 4.79 Å². The number of thioether (sulfide) groups is 1. The molecule has 0 saturated heterocycles. The number of nitrogens with two attached hydrogens (primary N) is 1. The van der Waals surface area contributed by atoms with Crippen LogP contribution in [0, 0.1) is 0 Å². The third-order valence-corrected chi connectivity index (χ3v) is 5.42. The minimum atomic E-state index is -0.603. The van der Waals surface area contributed by atoms with E-state index in [0.29, 0.717) is 13.0 Å². The lowest BCUT2D eigenvalue weighted by molar-refractivity contribution is -0.122. The van der Waals surface area contributed by atoms with Crippen molar-refractivity contribution in [3.8, 4) is 0 Å². The van der Waals surface area contributed by atoms with E-state index >= 15 is 0 Å². The first-order valence-corrected chi connectivity index (χ1v) is 10.3. The smallest absolute Gasteiger partial charge is 0.237 e. The summed E-state index contributed by atoms with van der Waals surface area (Å²) >= 11 is 1.73. The van der Waals surface area contributed by atoms with Crippen LogP contribution in [0.4, 0.5) is 0 Å². The molecule has 0 aliphatic heterocycles. The number of carbonyl (C=O) groups is 1. The average molecular weight is 467 g/mol. The number of hydrogen-bond donors (Lipinski definition) is 2. The van der Waals surface area contributed by atoms with E-state index in [9.17, 15) is 4.79 Å². The number of aromatic nitrogens is 2. The number of nitrogens with zero attached hydrogens (tertiary/aromatic N) is 2. The quantitative estimate of drug-likeness (QED) is 0.468. The first-order chi connectivity index (χ1) is 13.6. The van der Waals surface area contributed by atoms with Crippen LogP contribution in [0.2, 0.25) is 0 Å². The summed E-state index contributed by atoms with van der Waals surface area (Å²) in [5, 5.41) is 3.22. The van der Waals surface area contributed by atoms with Gasteiger partial charge in [0.25, 0.3) is 0 Å². The summed E-state index contributed by atoms with van der Waals surface area (Å²) in [6.07, 6.45) is 4.16. The van der Waals surface area contributed by atoms with Gasteiger partial charge in [-0.05, 0) is 17.7 Å². The molecule has 5 nitrogen and oxygen atoms in total. The van der Waals surface area contributed by atoms with E-state index in [1.165, 1.54) is 10.5 Å². The van der Waals surface area contributed by atoms with Gasteiger partial charge in [0, 0.05) is 35.9 Å². The molecule has 2 atom stereocenters. The van der Waals surface area contributed by atoms with E-state index in [0.717, 1.165) is 12.2 Å². The zero-order chi connectivity index (χ0) is 19.8. The van der Waals surface area contributed by atoms with Crippen molar-refractivity contribution in [1.82, 2.24) is 14.9 Å². The van der Waals surface area contributed by atoms with Gasteiger partial charge < -0.3 is 15.6 Å². The molecule has 1 unspecified atom stereocenters. The Morgan fingerprint density at radius 2 is 1.73 bits per heavy atom. The van der Waals surface area contributed by atoms with Crippen LogP contribution in [0.1, 0.15) is 18.2 Å². The Kier molecular flexibility index (Phi) is 11.6. The van der Waals surface area contributed by atoms with Crippen LogP contribution in [0.25, 0.3) is 0 Å². The maximum absolute atomic E-state index is 12.3. The van der Waals surface area contributed by atoms with Crippen LogP contribution in [0.5, 0.6) is 0 Å². The van der Waals surface area contributed by atoms with E-state index < -0.39 is 6.04 Å². The molecular formula is C22H28Cl2N4OS. The molecule has 3 aromatic rings. The van der Waals surface area contributed by atoms with Crippen molar-refractivity contribution < 1.29 is 4.79 Å².